The number of carbonyl (C=O) groups excluding carboxylic acids is 2. The van der Waals surface area contributed by atoms with Crippen LogP contribution in [0.1, 0.15) is 98.3 Å². The maximum Gasteiger partial charge on any atom is 0.322 e. The fourth-order valence-corrected chi connectivity index (χ4v) is 2.91. The van der Waals surface area contributed by atoms with E-state index in [2.05, 4.69) is 4.74 Å². The Kier molecular flexibility index (Phi) is 13.4. The van der Waals surface area contributed by atoms with Crippen molar-refractivity contribution >= 4 is 11.9 Å². The van der Waals surface area contributed by atoms with E-state index in [1.165, 1.54) is 45.6 Å². The first-order valence-corrected chi connectivity index (χ1v) is 10.2. The lowest BCUT2D eigenvalue weighted by Crippen LogP contribution is -2.37. The SMILES string of the molecule is COC(=O)C(N)C(C)CCCCCCCCCCCC(=O)OC(C)(C)C. The Bertz CT molecular complexity index is 390. The molecule has 0 bridgehead atoms. The van der Waals surface area contributed by atoms with E-state index in [9.17, 15) is 9.59 Å². The molecule has 0 aliphatic rings. The molecule has 0 aliphatic carbocycles. The fourth-order valence-electron chi connectivity index (χ4n) is 2.91. The van der Waals surface area contributed by atoms with Gasteiger partial charge >= 0.3 is 11.9 Å². The van der Waals surface area contributed by atoms with Gasteiger partial charge in [-0.1, -0.05) is 58.3 Å². The van der Waals surface area contributed by atoms with Gasteiger partial charge in [-0.25, -0.2) is 0 Å². The molecule has 0 aromatic rings. The quantitative estimate of drug-likeness (QED) is 0.352. The monoisotopic (exact) mass is 371 g/mol. The molecule has 26 heavy (non-hydrogen) atoms. The van der Waals surface area contributed by atoms with Gasteiger partial charge in [0.05, 0.1) is 7.11 Å². The highest BCUT2D eigenvalue weighted by Crippen LogP contribution is 2.16. The summed E-state index contributed by atoms with van der Waals surface area (Å²) in [5, 5.41) is 0. The number of methoxy groups -OCH3 is 1. The number of nitrogens with two attached hydrogens (primary N) is 1. The van der Waals surface area contributed by atoms with E-state index in [0.29, 0.717) is 6.42 Å². The van der Waals surface area contributed by atoms with Crippen LogP contribution in [0.2, 0.25) is 0 Å². The van der Waals surface area contributed by atoms with Crippen molar-refractivity contribution in [2.75, 3.05) is 7.11 Å². The molecule has 0 saturated heterocycles. The molecule has 0 rings (SSSR count). The van der Waals surface area contributed by atoms with Crippen LogP contribution in [0.5, 0.6) is 0 Å². The second-order valence-corrected chi connectivity index (χ2v) is 8.33. The molecular formula is C21H41NO4. The van der Waals surface area contributed by atoms with E-state index in [1.807, 2.05) is 27.7 Å². The average Bonchev–Trinajstić information content (AvgIpc) is 2.56. The third-order valence-corrected chi connectivity index (χ3v) is 4.55. The van der Waals surface area contributed by atoms with Gasteiger partial charge in [0.1, 0.15) is 11.6 Å². The molecule has 5 nitrogen and oxygen atoms in total. The van der Waals surface area contributed by atoms with E-state index in [1.54, 1.807) is 0 Å². The molecule has 0 aromatic carbocycles. The average molecular weight is 372 g/mol. The lowest BCUT2D eigenvalue weighted by molar-refractivity contribution is -0.155. The Morgan fingerprint density at radius 3 is 1.81 bits per heavy atom. The molecule has 0 heterocycles. The first-order valence-electron chi connectivity index (χ1n) is 10.2. The Morgan fingerprint density at radius 2 is 1.35 bits per heavy atom. The van der Waals surface area contributed by atoms with Crippen LogP contribution in [0.3, 0.4) is 0 Å². The molecule has 0 radical (unpaired) electrons. The molecule has 2 unspecified atom stereocenters. The van der Waals surface area contributed by atoms with Gasteiger partial charge in [0, 0.05) is 6.42 Å². The van der Waals surface area contributed by atoms with Crippen LogP contribution in [0.15, 0.2) is 0 Å². The molecule has 2 atom stereocenters. The van der Waals surface area contributed by atoms with E-state index >= 15 is 0 Å². The van der Waals surface area contributed by atoms with Gasteiger partial charge in [0.25, 0.3) is 0 Å². The van der Waals surface area contributed by atoms with Crippen molar-refractivity contribution in [1.29, 1.82) is 0 Å². The second-order valence-electron chi connectivity index (χ2n) is 8.33. The van der Waals surface area contributed by atoms with Crippen molar-refractivity contribution in [3.05, 3.63) is 0 Å². The van der Waals surface area contributed by atoms with Crippen molar-refractivity contribution in [3.8, 4) is 0 Å². The number of hydrogen-bond donors (Lipinski definition) is 1. The summed E-state index contributed by atoms with van der Waals surface area (Å²) < 4.78 is 9.98. The molecule has 0 fully saturated rings. The Labute approximate surface area is 160 Å². The zero-order chi connectivity index (χ0) is 20.0. The highest BCUT2D eigenvalue weighted by Gasteiger charge is 2.20. The molecular weight excluding hydrogens is 330 g/mol. The zero-order valence-corrected chi connectivity index (χ0v) is 17.6. The number of esters is 2. The summed E-state index contributed by atoms with van der Waals surface area (Å²) in [5.74, 6) is -0.227. The molecule has 0 aromatic heterocycles. The number of hydrogen-bond acceptors (Lipinski definition) is 5. The Hall–Kier alpha value is -1.10. The topological polar surface area (TPSA) is 78.6 Å². The summed E-state index contributed by atoms with van der Waals surface area (Å²) in [6.07, 6.45) is 12.0. The maximum absolute atomic E-state index is 11.6. The standard InChI is InChI=1S/C21H41NO4/c1-17(19(22)20(24)25-5)15-13-11-9-7-6-8-10-12-14-16-18(23)26-21(2,3)4/h17,19H,6-16,22H2,1-5H3. The van der Waals surface area contributed by atoms with E-state index in [4.69, 9.17) is 10.5 Å². The fraction of sp³-hybridized carbons (Fsp3) is 0.905. The van der Waals surface area contributed by atoms with E-state index in [-0.39, 0.29) is 23.5 Å². The summed E-state index contributed by atoms with van der Waals surface area (Å²) in [5.41, 5.74) is 5.46. The first-order chi connectivity index (χ1) is 12.2. The minimum atomic E-state index is -0.499. The highest BCUT2D eigenvalue weighted by atomic mass is 16.6. The van der Waals surface area contributed by atoms with Gasteiger partial charge in [0.15, 0.2) is 0 Å². The van der Waals surface area contributed by atoms with Crippen LogP contribution >= 0.6 is 0 Å². The molecule has 0 spiro atoms. The van der Waals surface area contributed by atoms with Crippen LogP contribution in [-0.2, 0) is 19.1 Å². The summed E-state index contributed by atoms with van der Waals surface area (Å²) in [6.45, 7) is 7.72. The van der Waals surface area contributed by atoms with Crippen molar-refractivity contribution in [1.82, 2.24) is 0 Å². The smallest absolute Gasteiger partial charge is 0.322 e. The molecule has 0 saturated carbocycles. The predicted octanol–water partition coefficient (Wildman–Crippen LogP) is 4.76. The van der Waals surface area contributed by atoms with Gasteiger partial charge in [-0.05, 0) is 39.5 Å². The van der Waals surface area contributed by atoms with Crippen LogP contribution < -0.4 is 5.73 Å². The van der Waals surface area contributed by atoms with Crippen LogP contribution in [0.4, 0.5) is 0 Å². The number of carbonyl (C=O) groups is 2. The largest absolute Gasteiger partial charge is 0.468 e. The molecule has 0 amide bonds. The van der Waals surface area contributed by atoms with E-state index in [0.717, 1.165) is 25.7 Å². The third kappa shape index (κ3) is 14.1. The van der Waals surface area contributed by atoms with Crippen molar-refractivity contribution in [2.45, 2.75) is 110 Å². The maximum atomic E-state index is 11.6. The zero-order valence-electron chi connectivity index (χ0n) is 17.6. The molecule has 5 heteroatoms. The van der Waals surface area contributed by atoms with Crippen LogP contribution in [-0.4, -0.2) is 30.7 Å². The Morgan fingerprint density at radius 1 is 0.885 bits per heavy atom. The normalized spacial score (nSPS) is 13.9. The van der Waals surface area contributed by atoms with Crippen molar-refractivity contribution < 1.29 is 19.1 Å². The van der Waals surface area contributed by atoms with Crippen LogP contribution in [0, 0.1) is 5.92 Å². The summed E-state index contributed by atoms with van der Waals surface area (Å²) in [7, 11) is 1.38. The van der Waals surface area contributed by atoms with Gasteiger partial charge in [-0.15, -0.1) is 0 Å². The van der Waals surface area contributed by atoms with Gasteiger partial charge in [-0.2, -0.15) is 0 Å². The summed E-state index contributed by atoms with van der Waals surface area (Å²) >= 11 is 0. The lowest BCUT2D eigenvalue weighted by atomic mass is 9.95. The predicted molar refractivity (Wildman–Crippen MR) is 106 cm³/mol. The van der Waals surface area contributed by atoms with Gasteiger partial charge in [0.2, 0.25) is 0 Å². The first kappa shape index (κ1) is 24.9. The third-order valence-electron chi connectivity index (χ3n) is 4.55. The summed E-state index contributed by atoms with van der Waals surface area (Å²) in [6, 6.07) is -0.499. The van der Waals surface area contributed by atoms with Crippen molar-refractivity contribution in [3.63, 3.8) is 0 Å². The number of rotatable bonds is 14. The summed E-state index contributed by atoms with van der Waals surface area (Å²) in [4.78, 5) is 22.9. The van der Waals surface area contributed by atoms with Gasteiger partial charge in [-0.3, -0.25) is 9.59 Å². The molecule has 2 N–H and O–H groups in total. The van der Waals surface area contributed by atoms with Crippen LogP contribution in [0.25, 0.3) is 0 Å². The highest BCUT2D eigenvalue weighted by molar-refractivity contribution is 5.75. The lowest BCUT2D eigenvalue weighted by Gasteiger charge is -2.19. The van der Waals surface area contributed by atoms with Gasteiger partial charge < -0.3 is 15.2 Å². The van der Waals surface area contributed by atoms with Crippen molar-refractivity contribution in [2.24, 2.45) is 11.7 Å². The minimum Gasteiger partial charge on any atom is -0.468 e. The minimum absolute atomic E-state index is 0.0846. The number of ether oxygens (including phenoxy) is 2. The number of unbranched alkanes of at least 4 members (excludes halogenated alkanes) is 8. The molecule has 0 aliphatic heterocycles. The second kappa shape index (κ2) is 14.0. The Balaban J connectivity index is 3.42. The van der Waals surface area contributed by atoms with E-state index < -0.39 is 6.04 Å². The molecule has 154 valence electrons.